The predicted molar refractivity (Wildman–Crippen MR) is 78.9 cm³/mol. The van der Waals surface area contributed by atoms with Crippen LogP contribution in [0.4, 0.5) is 0 Å². The highest BCUT2D eigenvalue weighted by molar-refractivity contribution is 7.99. The molecule has 0 spiro atoms. The minimum Gasteiger partial charge on any atom is -0.481 e. The van der Waals surface area contributed by atoms with Crippen molar-refractivity contribution < 1.29 is 9.90 Å². The molecule has 0 radical (unpaired) electrons. The maximum atomic E-state index is 10.6. The first-order chi connectivity index (χ1) is 8.99. The Labute approximate surface area is 120 Å². The van der Waals surface area contributed by atoms with Gasteiger partial charge in [0.15, 0.2) is 0 Å². The number of thioether (sulfide) groups is 1. The van der Waals surface area contributed by atoms with Gasteiger partial charge in [0, 0.05) is 11.1 Å². The monoisotopic (exact) mass is 298 g/mol. The fourth-order valence-corrected chi connectivity index (χ4v) is 2.85. The molecule has 1 aromatic heterocycles. The fraction of sp³-hybridized carbons (Fsp3) is 0.385. The van der Waals surface area contributed by atoms with Gasteiger partial charge >= 0.3 is 5.97 Å². The molecule has 19 heavy (non-hydrogen) atoms. The summed E-state index contributed by atoms with van der Waals surface area (Å²) in [7, 11) is 0. The SMILES string of the molecule is CC(C)n1c(CSCC(=O)O)nc2ccc(Cl)cc21. The molecule has 0 amide bonds. The van der Waals surface area contributed by atoms with Crippen LogP contribution in [0.2, 0.25) is 5.02 Å². The van der Waals surface area contributed by atoms with Gasteiger partial charge in [-0.05, 0) is 32.0 Å². The highest BCUT2D eigenvalue weighted by atomic mass is 35.5. The van der Waals surface area contributed by atoms with Crippen LogP contribution in [0.25, 0.3) is 11.0 Å². The van der Waals surface area contributed by atoms with Crippen LogP contribution in [-0.2, 0) is 10.5 Å². The molecule has 4 nitrogen and oxygen atoms in total. The highest BCUT2D eigenvalue weighted by Gasteiger charge is 2.14. The Morgan fingerprint density at radius 3 is 2.89 bits per heavy atom. The standard InChI is InChI=1S/C13H15ClN2O2S/c1-8(2)16-11-5-9(14)3-4-10(11)15-12(16)6-19-7-13(17)18/h3-5,8H,6-7H2,1-2H3,(H,17,18). The van der Waals surface area contributed by atoms with Crippen LogP contribution in [0.5, 0.6) is 0 Å². The lowest BCUT2D eigenvalue weighted by molar-refractivity contribution is -0.133. The molecule has 2 rings (SSSR count). The van der Waals surface area contributed by atoms with E-state index in [1.165, 1.54) is 11.8 Å². The third kappa shape index (κ3) is 3.22. The van der Waals surface area contributed by atoms with Crippen molar-refractivity contribution in [3.05, 3.63) is 29.0 Å². The minimum atomic E-state index is -0.805. The number of aliphatic carboxylic acids is 1. The zero-order valence-corrected chi connectivity index (χ0v) is 12.3. The lowest BCUT2D eigenvalue weighted by atomic mass is 10.3. The normalized spacial score (nSPS) is 11.4. The molecule has 0 aliphatic rings. The van der Waals surface area contributed by atoms with Gasteiger partial charge in [-0.15, -0.1) is 11.8 Å². The van der Waals surface area contributed by atoms with Gasteiger partial charge < -0.3 is 9.67 Å². The Morgan fingerprint density at radius 2 is 2.26 bits per heavy atom. The number of fused-ring (bicyclic) bond motifs is 1. The van der Waals surface area contributed by atoms with E-state index in [1.807, 2.05) is 18.2 Å². The van der Waals surface area contributed by atoms with E-state index in [0.717, 1.165) is 16.9 Å². The second kappa shape index (κ2) is 5.84. The first-order valence-electron chi connectivity index (χ1n) is 5.95. The summed E-state index contributed by atoms with van der Waals surface area (Å²) in [5, 5.41) is 9.36. The Balaban J connectivity index is 2.36. The van der Waals surface area contributed by atoms with E-state index in [0.29, 0.717) is 10.8 Å². The zero-order valence-electron chi connectivity index (χ0n) is 10.8. The molecule has 0 aliphatic heterocycles. The third-order valence-electron chi connectivity index (χ3n) is 2.70. The van der Waals surface area contributed by atoms with Crippen molar-refractivity contribution >= 4 is 40.4 Å². The molecule has 1 heterocycles. The molecule has 0 unspecified atom stereocenters. The van der Waals surface area contributed by atoms with Crippen molar-refractivity contribution in [2.75, 3.05) is 5.75 Å². The number of carbonyl (C=O) groups is 1. The highest BCUT2D eigenvalue weighted by Crippen LogP contribution is 2.26. The summed E-state index contributed by atoms with van der Waals surface area (Å²) in [4.78, 5) is 15.1. The van der Waals surface area contributed by atoms with E-state index in [1.54, 1.807) is 0 Å². The molecule has 0 aliphatic carbocycles. The van der Waals surface area contributed by atoms with E-state index >= 15 is 0 Å². The van der Waals surface area contributed by atoms with E-state index in [9.17, 15) is 4.79 Å². The summed E-state index contributed by atoms with van der Waals surface area (Å²) in [6.45, 7) is 4.15. The summed E-state index contributed by atoms with van der Waals surface area (Å²) in [6.07, 6.45) is 0. The number of imidazole rings is 1. The van der Waals surface area contributed by atoms with Crippen LogP contribution >= 0.6 is 23.4 Å². The second-order valence-electron chi connectivity index (χ2n) is 4.51. The van der Waals surface area contributed by atoms with Gasteiger partial charge in [-0.1, -0.05) is 11.6 Å². The number of benzene rings is 1. The lowest BCUT2D eigenvalue weighted by Gasteiger charge is -2.12. The molecule has 1 N–H and O–H groups in total. The van der Waals surface area contributed by atoms with E-state index in [4.69, 9.17) is 16.7 Å². The molecular weight excluding hydrogens is 284 g/mol. The fourth-order valence-electron chi connectivity index (χ4n) is 2.02. The Bertz CT molecular complexity index is 610. The molecule has 0 fully saturated rings. The van der Waals surface area contributed by atoms with Gasteiger partial charge in [0.1, 0.15) is 5.82 Å². The van der Waals surface area contributed by atoms with Crippen LogP contribution in [0.1, 0.15) is 25.7 Å². The van der Waals surface area contributed by atoms with Gasteiger partial charge in [0.2, 0.25) is 0 Å². The number of carboxylic acids is 1. The van der Waals surface area contributed by atoms with Crippen molar-refractivity contribution in [3.63, 3.8) is 0 Å². The summed E-state index contributed by atoms with van der Waals surface area (Å²) in [6, 6.07) is 5.86. The van der Waals surface area contributed by atoms with Crippen LogP contribution < -0.4 is 0 Å². The molecule has 0 saturated heterocycles. The van der Waals surface area contributed by atoms with Crippen molar-refractivity contribution in [2.24, 2.45) is 0 Å². The number of aromatic nitrogens is 2. The van der Waals surface area contributed by atoms with Gasteiger partial charge in [0.05, 0.1) is 22.5 Å². The Kier molecular flexibility index (Phi) is 4.37. The van der Waals surface area contributed by atoms with Gasteiger partial charge in [-0.2, -0.15) is 0 Å². The van der Waals surface area contributed by atoms with Gasteiger partial charge in [0.25, 0.3) is 0 Å². The summed E-state index contributed by atoms with van der Waals surface area (Å²) < 4.78 is 2.11. The van der Waals surface area contributed by atoms with Crippen molar-refractivity contribution in [2.45, 2.75) is 25.6 Å². The number of nitrogens with zero attached hydrogens (tertiary/aromatic N) is 2. The van der Waals surface area contributed by atoms with Crippen LogP contribution in [-0.4, -0.2) is 26.4 Å². The molecule has 1 aromatic carbocycles. The quantitative estimate of drug-likeness (QED) is 0.916. The molecule has 0 atom stereocenters. The minimum absolute atomic E-state index is 0.0854. The number of halogens is 1. The molecule has 0 bridgehead atoms. The zero-order chi connectivity index (χ0) is 14.0. The molecule has 0 saturated carbocycles. The average Bonchev–Trinajstić information content (AvgIpc) is 2.65. The first kappa shape index (κ1) is 14.2. The Hall–Kier alpha value is -1.20. The molecule has 2 aromatic rings. The van der Waals surface area contributed by atoms with Crippen LogP contribution in [0.3, 0.4) is 0 Å². The second-order valence-corrected chi connectivity index (χ2v) is 5.93. The van der Waals surface area contributed by atoms with Crippen molar-refractivity contribution in [3.8, 4) is 0 Å². The maximum absolute atomic E-state index is 10.6. The number of rotatable bonds is 5. The van der Waals surface area contributed by atoms with Gasteiger partial charge in [-0.3, -0.25) is 4.79 Å². The third-order valence-corrected chi connectivity index (χ3v) is 3.85. The van der Waals surface area contributed by atoms with Crippen LogP contribution in [0, 0.1) is 0 Å². The van der Waals surface area contributed by atoms with E-state index in [2.05, 4.69) is 23.4 Å². The first-order valence-corrected chi connectivity index (χ1v) is 7.48. The van der Waals surface area contributed by atoms with Crippen molar-refractivity contribution in [1.29, 1.82) is 0 Å². The predicted octanol–water partition coefficient (Wildman–Crippen LogP) is 3.59. The largest absolute Gasteiger partial charge is 0.481 e. The number of hydrogen-bond donors (Lipinski definition) is 1. The van der Waals surface area contributed by atoms with Crippen molar-refractivity contribution in [1.82, 2.24) is 9.55 Å². The van der Waals surface area contributed by atoms with E-state index in [-0.39, 0.29) is 11.8 Å². The van der Waals surface area contributed by atoms with Crippen LogP contribution in [0.15, 0.2) is 18.2 Å². The lowest BCUT2D eigenvalue weighted by Crippen LogP contribution is -2.06. The molecule has 6 heteroatoms. The summed E-state index contributed by atoms with van der Waals surface area (Å²) in [5.41, 5.74) is 1.89. The maximum Gasteiger partial charge on any atom is 0.313 e. The Morgan fingerprint density at radius 1 is 1.53 bits per heavy atom. The molecular formula is C13H15ClN2O2S. The number of hydrogen-bond acceptors (Lipinski definition) is 3. The summed E-state index contributed by atoms with van der Waals surface area (Å²) in [5.74, 6) is 0.748. The molecule has 102 valence electrons. The summed E-state index contributed by atoms with van der Waals surface area (Å²) >= 11 is 7.38. The smallest absolute Gasteiger partial charge is 0.313 e. The van der Waals surface area contributed by atoms with E-state index < -0.39 is 5.97 Å². The topological polar surface area (TPSA) is 55.1 Å². The number of carboxylic acid groups (broad SMARTS) is 1. The average molecular weight is 299 g/mol. The van der Waals surface area contributed by atoms with Gasteiger partial charge in [-0.25, -0.2) is 4.98 Å².